The highest BCUT2D eigenvalue weighted by Crippen LogP contribution is 2.27. The van der Waals surface area contributed by atoms with E-state index in [0.29, 0.717) is 31.3 Å². The first-order valence-corrected chi connectivity index (χ1v) is 8.81. The summed E-state index contributed by atoms with van der Waals surface area (Å²) in [5.74, 6) is 2.13. The Morgan fingerprint density at radius 1 is 1.12 bits per heavy atom. The van der Waals surface area contributed by atoms with E-state index >= 15 is 0 Å². The van der Waals surface area contributed by atoms with Crippen LogP contribution in [0, 0.1) is 5.41 Å². The first-order valence-electron chi connectivity index (χ1n) is 8.81. The van der Waals surface area contributed by atoms with Gasteiger partial charge in [-0.3, -0.25) is 9.79 Å². The summed E-state index contributed by atoms with van der Waals surface area (Å²) in [6, 6.07) is 5.88. The second kappa shape index (κ2) is 10.5. The Labute approximate surface area is 156 Å². The van der Waals surface area contributed by atoms with Crippen molar-refractivity contribution in [2.75, 3.05) is 40.9 Å². The van der Waals surface area contributed by atoms with Gasteiger partial charge in [-0.1, -0.05) is 6.07 Å². The molecule has 1 amide bonds. The van der Waals surface area contributed by atoms with Crippen LogP contribution in [0.1, 0.15) is 26.3 Å². The number of nitrogens with zero attached hydrogens (tertiary/aromatic N) is 1. The minimum Gasteiger partial charge on any atom is -0.493 e. The van der Waals surface area contributed by atoms with E-state index in [1.807, 2.05) is 39.0 Å². The van der Waals surface area contributed by atoms with Gasteiger partial charge in [-0.05, 0) is 44.9 Å². The first-order chi connectivity index (χ1) is 12.4. The van der Waals surface area contributed by atoms with Gasteiger partial charge in [0.2, 0.25) is 5.91 Å². The predicted molar refractivity (Wildman–Crippen MR) is 105 cm³/mol. The molecule has 0 saturated heterocycles. The van der Waals surface area contributed by atoms with Gasteiger partial charge < -0.3 is 25.4 Å². The van der Waals surface area contributed by atoms with Crippen molar-refractivity contribution in [1.82, 2.24) is 16.0 Å². The third-order valence-corrected chi connectivity index (χ3v) is 4.03. The SMILES string of the molecule is CCNC(=O)C(C)(C)CNC(=NC)NCCc1ccc(OC)c(OC)c1. The van der Waals surface area contributed by atoms with Crippen molar-refractivity contribution < 1.29 is 14.3 Å². The average Bonchev–Trinajstić information content (AvgIpc) is 2.64. The monoisotopic (exact) mass is 364 g/mol. The normalized spacial score (nSPS) is 11.7. The zero-order valence-corrected chi connectivity index (χ0v) is 16.7. The van der Waals surface area contributed by atoms with Gasteiger partial charge >= 0.3 is 0 Å². The Kier molecular flexibility index (Phi) is 8.75. The lowest BCUT2D eigenvalue weighted by atomic mass is 9.92. The first kappa shape index (κ1) is 21.6. The van der Waals surface area contributed by atoms with E-state index < -0.39 is 5.41 Å². The largest absolute Gasteiger partial charge is 0.493 e. The van der Waals surface area contributed by atoms with E-state index in [2.05, 4.69) is 20.9 Å². The maximum Gasteiger partial charge on any atom is 0.227 e. The van der Waals surface area contributed by atoms with Gasteiger partial charge in [-0.2, -0.15) is 0 Å². The summed E-state index contributed by atoms with van der Waals surface area (Å²) in [6.07, 6.45) is 0.806. The van der Waals surface area contributed by atoms with Crippen LogP contribution in [0.5, 0.6) is 11.5 Å². The van der Waals surface area contributed by atoms with Crippen LogP contribution in [0.2, 0.25) is 0 Å². The molecule has 0 atom stereocenters. The third kappa shape index (κ3) is 6.46. The minimum absolute atomic E-state index is 0.0216. The number of ether oxygens (including phenoxy) is 2. The molecule has 0 unspecified atom stereocenters. The lowest BCUT2D eigenvalue weighted by Crippen LogP contribution is -2.48. The maximum absolute atomic E-state index is 12.0. The Morgan fingerprint density at radius 2 is 1.81 bits per heavy atom. The summed E-state index contributed by atoms with van der Waals surface area (Å²) >= 11 is 0. The van der Waals surface area contributed by atoms with Gasteiger partial charge in [0.05, 0.1) is 19.6 Å². The molecule has 0 aliphatic heterocycles. The molecular weight excluding hydrogens is 332 g/mol. The quantitative estimate of drug-likeness (QED) is 0.458. The number of methoxy groups -OCH3 is 2. The van der Waals surface area contributed by atoms with E-state index in [1.165, 1.54) is 0 Å². The van der Waals surface area contributed by atoms with Crippen LogP contribution in [0.4, 0.5) is 0 Å². The van der Waals surface area contributed by atoms with Crippen molar-refractivity contribution in [3.05, 3.63) is 23.8 Å². The smallest absolute Gasteiger partial charge is 0.227 e. The number of carbonyl (C=O) groups is 1. The number of guanidine groups is 1. The van der Waals surface area contributed by atoms with E-state index in [0.717, 1.165) is 17.7 Å². The Balaban J connectivity index is 2.51. The van der Waals surface area contributed by atoms with Crippen molar-refractivity contribution >= 4 is 11.9 Å². The summed E-state index contributed by atoms with van der Waals surface area (Å²) < 4.78 is 10.6. The van der Waals surface area contributed by atoms with Crippen LogP contribution in [0.15, 0.2) is 23.2 Å². The van der Waals surface area contributed by atoms with Crippen LogP contribution in [0.25, 0.3) is 0 Å². The summed E-state index contributed by atoms with van der Waals surface area (Å²) in [5.41, 5.74) is 0.616. The predicted octanol–water partition coefficient (Wildman–Crippen LogP) is 1.57. The highest BCUT2D eigenvalue weighted by molar-refractivity contribution is 5.84. The lowest BCUT2D eigenvalue weighted by molar-refractivity contribution is -0.128. The topological polar surface area (TPSA) is 84.0 Å². The van der Waals surface area contributed by atoms with E-state index in [-0.39, 0.29) is 5.91 Å². The van der Waals surface area contributed by atoms with Crippen LogP contribution >= 0.6 is 0 Å². The molecular formula is C19H32N4O3. The lowest BCUT2D eigenvalue weighted by Gasteiger charge is -2.24. The van der Waals surface area contributed by atoms with Crippen molar-refractivity contribution in [3.8, 4) is 11.5 Å². The molecule has 7 heteroatoms. The van der Waals surface area contributed by atoms with Crippen LogP contribution in [0.3, 0.4) is 0 Å². The number of rotatable bonds is 9. The van der Waals surface area contributed by atoms with Gasteiger partial charge in [0.25, 0.3) is 0 Å². The number of benzene rings is 1. The molecule has 0 heterocycles. The molecule has 7 nitrogen and oxygen atoms in total. The molecule has 1 aromatic carbocycles. The van der Waals surface area contributed by atoms with Crippen LogP contribution < -0.4 is 25.4 Å². The standard InChI is InChI=1S/C19H32N4O3/c1-7-21-17(24)19(2,3)13-23-18(20-4)22-11-10-14-8-9-15(25-5)16(12-14)26-6/h8-9,12H,7,10-11,13H2,1-6H3,(H,21,24)(H2,20,22,23). The van der Waals surface area contributed by atoms with Gasteiger partial charge in [0.15, 0.2) is 17.5 Å². The van der Waals surface area contributed by atoms with Crippen molar-refractivity contribution in [2.24, 2.45) is 10.4 Å². The number of aliphatic imine (C=N–C) groups is 1. The highest BCUT2D eigenvalue weighted by atomic mass is 16.5. The van der Waals surface area contributed by atoms with E-state index in [4.69, 9.17) is 9.47 Å². The van der Waals surface area contributed by atoms with Gasteiger partial charge in [0.1, 0.15) is 0 Å². The summed E-state index contributed by atoms with van der Waals surface area (Å²) in [4.78, 5) is 16.3. The molecule has 1 rings (SSSR count). The molecule has 0 fully saturated rings. The molecule has 0 bridgehead atoms. The van der Waals surface area contributed by atoms with E-state index in [1.54, 1.807) is 21.3 Å². The number of carbonyl (C=O) groups excluding carboxylic acids is 1. The fraction of sp³-hybridized carbons (Fsp3) is 0.579. The Hall–Kier alpha value is -2.44. The van der Waals surface area contributed by atoms with E-state index in [9.17, 15) is 4.79 Å². The van der Waals surface area contributed by atoms with Crippen LogP contribution in [-0.4, -0.2) is 52.8 Å². The molecule has 0 spiro atoms. The third-order valence-electron chi connectivity index (χ3n) is 4.03. The summed E-state index contributed by atoms with van der Waals surface area (Å²) in [7, 11) is 4.96. The summed E-state index contributed by atoms with van der Waals surface area (Å²) in [6.45, 7) is 7.55. The van der Waals surface area contributed by atoms with Crippen LogP contribution in [-0.2, 0) is 11.2 Å². The molecule has 0 aliphatic rings. The summed E-state index contributed by atoms with van der Waals surface area (Å²) in [5, 5.41) is 9.32. The number of nitrogens with one attached hydrogen (secondary N) is 3. The Bertz CT molecular complexity index is 615. The van der Waals surface area contributed by atoms with Gasteiger partial charge in [0, 0.05) is 26.7 Å². The zero-order valence-electron chi connectivity index (χ0n) is 16.7. The highest BCUT2D eigenvalue weighted by Gasteiger charge is 2.27. The minimum atomic E-state index is -0.517. The van der Waals surface area contributed by atoms with Crippen molar-refractivity contribution in [1.29, 1.82) is 0 Å². The molecule has 0 radical (unpaired) electrons. The Morgan fingerprint density at radius 3 is 2.38 bits per heavy atom. The fourth-order valence-corrected chi connectivity index (χ4v) is 2.37. The number of hydrogen-bond acceptors (Lipinski definition) is 4. The van der Waals surface area contributed by atoms with Gasteiger partial charge in [-0.15, -0.1) is 0 Å². The molecule has 0 saturated carbocycles. The molecule has 1 aromatic rings. The van der Waals surface area contributed by atoms with Crippen molar-refractivity contribution in [2.45, 2.75) is 27.2 Å². The zero-order chi connectivity index (χ0) is 19.6. The van der Waals surface area contributed by atoms with Gasteiger partial charge in [-0.25, -0.2) is 0 Å². The maximum atomic E-state index is 12.0. The average molecular weight is 364 g/mol. The number of amides is 1. The second-order valence-electron chi connectivity index (χ2n) is 6.54. The fourth-order valence-electron chi connectivity index (χ4n) is 2.37. The van der Waals surface area contributed by atoms with Crippen molar-refractivity contribution in [3.63, 3.8) is 0 Å². The molecule has 3 N–H and O–H groups in total. The molecule has 26 heavy (non-hydrogen) atoms. The molecule has 0 aliphatic carbocycles. The number of hydrogen-bond donors (Lipinski definition) is 3. The second-order valence-corrected chi connectivity index (χ2v) is 6.54. The molecule has 0 aromatic heterocycles. The molecule has 146 valence electrons.